The van der Waals surface area contributed by atoms with Crippen molar-refractivity contribution < 1.29 is 9.90 Å². The molecule has 0 radical (unpaired) electrons. The zero-order valence-corrected chi connectivity index (χ0v) is 12.1. The lowest BCUT2D eigenvalue weighted by Crippen LogP contribution is -2.27. The highest BCUT2D eigenvalue weighted by atomic mass is 16.4. The van der Waals surface area contributed by atoms with Crippen molar-refractivity contribution in [3.63, 3.8) is 0 Å². The summed E-state index contributed by atoms with van der Waals surface area (Å²) in [6.07, 6.45) is 2.06. The van der Waals surface area contributed by atoms with Gasteiger partial charge in [0.25, 0.3) is 0 Å². The molecule has 0 spiro atoms. The molecular weight excluding hydrogens is 238 g/mol. The summed E-state index contributed by atoms with van der Waals surface area (Å²) in [5.74, 6) is -0.385. The number of aliphatic carboxylic acids is 1. The van der Waals surface area contributed by atoms with E-state index in [1.807, 2.05) is 0 Å². The third-order valence-corrected chi connectivity index (χ3v) is 3.13. The van der Waals surface area contributed by atoms with Gasteiger partial charge in [0.1, 0.15) is 0 Å². The van der Waals surface area contributed by atoms with E-state index in [0.29, 0.717) is 12.5 Å². The van der Waals surface area contributed by atoms with Crippen LogP contribution in [0.3, 0.4) is 0 Å². The van der Waals surface area contributed by atoms with Gasteiger partial charge in [0.05, 0.1) is 5.92 Å². The van der Waals surface area contributed by atoms with Gasteiger partial charge in [-0.05, 0) is 36.4 Å². The lowest BCUT2D eigenvalue weighted by Gasteiger charge is -2.09. The first-order valence-corrected chi connectivity index (χ1v) is 7.00. The Morgan fingerprint density at radius 3 is 2.26 bits per heavy atom. The summed E-state index contributed by atoms with van der Waals surface area (Å²) in [7, 11) is 0. The van der Waals surface area contributed by atoms with Crippen LogP contribution in [0.25, 0.3) is 0 Å². The van der Waals surface area contributed by atoms with Crippen molar-refractivity contribution in [1.82, 2.24) is 5.32 Å². The van der Waals surface area contributed by atoms with E-state index >= 15 is 0 Å². The normalized spacial score (nSPS) is 12.6. The molecule has 0 bridgehead atoms. The average Bonchev–Trinajstić information content (AvgIpc) is 2.35. The van der Waals surface area contributed by atoms with E-state index in [1.54, 1.807) is 6.92 Å². The molecule has 0 aliphatic heterocycles. The fourth-order valence-electron chi connectivity index (χ4n) is 1.95. The van der Waals surface area contributed by atoms with Gasteiger partial charge in [0, 0.05) is 6.54 Å². The van der Waals surface area contributed by atoms with Crippen molar-refractivity contribution in [2.45, 2.75) is 33.6 Å². The Morgan fingerprint density at radius 2 is 1.74 bits per heavy atom. The van der Waals surface area contributed by atoms with Crippen molar-refractivity contribution in [3.05, 3.63) is 35.4 Å². The predicted octanol–water partition coefficient (Wildman–Crippen LogP) is 2.74. The molecule has 3 nitrogen and oxygen atoms in total. The number of carboxylic acids is 1. The fourth-order valence-corrected chi connectivity index (χ4v) is 1.95. The summed E-state index contributed by atoms with van der Waals surface area (Å²) < 4.78 is 0. The largest absolute Gasteiger partial charge is 0.481 e. The van der Waals surface area contributed by atoms with Gasteiger partial charge < -0.3 is 10.4 Å². The number of benzene rings is 1. The van der Waals surface area contributed by atoms with E-state index in [-0.39, 0.29) is 5.92 Å². The monoisotopic (exact) mass is 263 g/mol. The molecule has 1 aromatic carbocycles. The van der Waals surface area contributed by atoms with Crippen molar-refractivity contribution in [2.24, 2.45) is 11.8 Å². The van der Waals surface area contributed by atoms with E-state index in [9.17, 15) is 4.79 Å². The quantitative estimate of drug-likeness (QED) is 0.709. The van der Waals surface area contributed by atoms with Gasteiger partial charge in [0.15, 0.2) is 0 Å². The molecule has 0 amide bonds. The first-order chi connectivity index (χ1) is 8.99. The van der Waals surface area contributed by atoms with Crippen LogP contribution in [0.15, 0.2) is 24.3 Å². The van der Waals surface area contributed by atoms with Crippen molar-refractivity contribution in [3.8, 4) is 0 Å². The maximum Gasteiger partial charge on any atom is 0.307 e. The summed E-state index contributed by atoms with van der Waals surface area (Å²) in [5, 5.41) is 11.9. The molecule has 1 unspecified atom stereocenters. The molecule has 106 valence electrons. The van der Waals surface area contributed by atoms with Crippen LogP contribution in [-0.2, 0) is 17.6 Å². The lowest BCUT2D eigenvalue weighted by atomic mass is 10.0. The number of carbonyl (C=O) groups is 1. The predicted molar refractivity (Wildman–Crippen MR) is 78.4 cm³/mol. The molecule has 0 aliphatic rings. The van der Waals surface area contributed by atoms with Gasteiger partial charge in [0.2, 0.25) is 0 Å². The summed E-state index contributed by atoms with van der Waals surface area (Å²) in [4.78, 5) is 10.6. The van der Waals surface area contributed by atoms with E-state index in [4.69, 9.17) is 5.11 Å². The highest BCUT2D eigenvalue weighted by Gasteiger charge is 2.09. The van der Waals surface area contributed by atoms with Gasteiger partial charge in [-0.15, -0.1) is 0 Å². The van der Waals surface area contributed by atoms with Crippen molar-refractivity contribution in [2.75, 3.05) is 13.1 Å². The Balaban J connectivity index is 2.28. The van der Waals surface area contributed by atoms with Gasteiger partial charge in [-0.1, -0.05) is 45.0 Å². The van der Waals surface area contributed by atoms with E-state index in [2.05, 4.69) is 43.4 Å². The van der Waals surface area contributed by atoms with Crippen LogP contribution in [0.4, 0.5) is 0 Å². The first kappa shape index (κ1) is 15.7. The van der Waals surface area contributed by atoms with E-state index in [0.717, 1.165) is 19.4 Å². The van der Waals surface area contributed by atoms with Crippen molar-refractivity contribution in [1.29, 1.82) is 0 Å². The van der Waals surface area contributed by atoms with Gasteiger partial charge in [-0.25, -0.2) is 0 Å². The Bertz CT molecular complexity index is 384. The highest BCUT2D eigenvalue weighted by Crippen LogP contribution is 2.10. The summed E-state index contributed by atoms with van der Waals surface area (Å²) in [6, 6.07) is 8.71. The third kappa shape index (κ3) is 6.39. The van der Waals surface area contributed by atoms with Gasteiger partial charge in [-0.2, -0.15) is 0 Å². The zero-order valence-electron chi connectivity index (χ0n) is 12.1. The van der Waals surface area contributed by atoms with Crippen LogP contribution in [0, 0.1) is 11.8 Å². The first-order valence-electron chi connectivity index (χ1n) is 7.00. The molecular formula is C16H25NO2. The maximum absolute atomic E-state index is 10.6. The number of carboxylic acid groups (broad SMARTS) is 1. The van der Waals surface area contributed by atoms with Crippen LogP contribution in [0.5, 0.6) is 0 Å². The summed E-state index contributed by atoms with van der Waals surface area (Å²) in [6.45, 7) is 7.51. The maximum atomic E-state index is 10.6. The van der Waals surface area contributed by atoms with E-state index in [1.165, 1.54) is 11.1 Å². The van der Waals surface area contributed by atoms with Gasteiger partial charge >= 0.3 is 5.97 Å². The molecule has 1 rings (SSSR count). The fraction of sp³-hybridized carbons (Fsp3) is 0.562. The average molecular weight is 263 g/mol. The van der Waals surface area contributed by atoms with Crippen LogP contribution in [-0.4, -0.2) is 24.2 Å². The van der Waals surface area contributed by atoms with Crippen LogP contribution in [0.2, 0.25) is 0 Å². The summed E-state index contributed by atoms with van der Waals surface area (Å²) in [5.41, 5.74) is 2.68. The minimum absolute atomic E-state index is 0.326. The Morgan fingerprint density at radius 1 is 1.16 bits per heavy atom. The molecule has 0 saturated heterocycles. The van der Waals surface area contributed by atoms with Gasteiger partial charge in [-0.3, -0.25) is 4.79 Å². The zero-order chi connectivity index (χ0) is 14.3. The molecule has 1 aromatic rings. The Labute approximate surface area is 116 Å². The number of nitrogens with one attached hydrogen (secondary N) is 1. The molecule has 19 heavy (non-hydrogen) atoms. The number of hydrogen-bond donors (Lipinski definition) is 2. The van der Waals surface area contributed by atoms with E-state index < -0.39 is 5.97 Å². The van der Waals surface area contributed by atoms with Crippen LogP contribution < -0.4 is 5.32 Å². The topological polar surface area (TPSA) is 49.3 Å². The molecule has 0 saturated carbocycles. The second-order valence-corrected chi connectivity index (χ2v) is 5.61. The third-order valence-electron chi connectivity index (χ3n) is 3.13. The standard InChI is InChI=1S/C16H25NO2/c1-12(2)10-15-6-4-14(5-7-15)8-9-17-11-13(3)16(18)19/h4-7,12-13,17H,8-11H2,1-3H3,(H,18,19). The molecule has 3 heteroatoms. The Hall–Kier alpha value is -1.35. The highest BCUT2D eigenvalue weighted by molar-refractivity contribution is 5.69. The molecule has 2 N–H and O–H groups in total. The Kier molecular flexibility index (Phi) is 6.57. The van der Waals surface area contributed by atoms with Crippen LogP contribution in [0.1, 0.15) is 31.9 Å². The smallest absolute Gasteiger partial charge is 0.307 e. The minimum Gasteiger partial charge on any atom is -0.481 e. The molecule has 1 atom stereocenters. The second kappa shape index (κ2) is 7.95. The second-order valence-electron chi connectivity index (χ2n) is 5.61. The minimum atomic E-state index is -0.745. The number of hydrogen-bond acceptors (Lipinski definition) is 2. The molecule has 0 heterocycles. The molecule has 0 aliphatic carbocycles. The summed E-state index contributed by atoms with van der Waals surface area (Å²) >= 11 is 0. The SMILES string of the molecule is CC(C)Cc1ccc(CCNCC(C)C(=O)O)cc1. The van der Waals surface area contributed by atoms with Crippen molar-refractivity contribution >= 4 is 5.97 Å². The molecule has 0 aromatic heterocycles. The molecule has 0 fully saturated rings. The lowest BCUT2D eigenvalue weighted by molar-refractivity contribution is -0.140. The number of rotatable bonds is 8. The van der Waals surface area contributed by atoms with Crippen LogP contribution >= 0.6 is 0 Å².